The number of likely N-dealkylation sites (tertiary alicyclic amines) is 1. The van der Waals surface area contributed by atoms with E-state index in [1.807, 2.05) is 11.0 Å². The van der Waals surface area contributed by atoms with Crippen molar-refractivity contribution in [1.82, 2.24) is 14.8 Å². The molecule has 1 amide bonds. The number of carbonyl (C=O) groups excluding carboxylic acids is 1. The minimum Gasteiger partial charge on any atom is -0.337 e. The van der Waals surface area contributed by atoms with Gasteiger partial charge in [0.05, 0.1) is 0 Å². The van der Waals surface area contributed by atoms with E-state index >= 15 is 0 Å². The van der Waals surface area contributed by atoms with Crippen LogP contribution in [0.4, 0.5) is 0 Å². The summed E-state index contributed by atoms with van der Waals surface area (Å²) in [5.74, 6) is -0.0956. The molecule has 2 aliphatic heterocycles. The molecule has 152 valence electrons. The summed E-state index contributed by atoms with van der Waals surface area (Å²) in [6, 6.07) is 10.9. The second-order valence-electron chi connectivity index (χ2n) is 8.76. The van der Waals surface area contributed by atoms with Crippen molar-refractivity contribution in [2.24, 2.45) is 0 Å². The second-order valence-corrected chi connectivity index (χ2v) is 8.76. The number of aromatic nitrogens is 1. The Morgan fingerprint density at radius 3 is 2.69 bits per heavy atom. The number of aromatic amines is 1. The van der Waals surface area contributed by atoms with Gasteiger partial charge >= 0.3 is 0 Å². The summed E-state index contributed by atoms with van der Waals surface area (Å²) >= 11 is 0. The number of hydrogen-bond acceptors (Lipinski definition) is 3. The van der Waals surface area contributed by atoms with Crippen LogP contribution in [0.1, 0.15) is 58.4 Å². The van der Waals surface area contributed by atoms with Gasteiger partial charge in [0, 0.05) is 37.9 Å². The fourth-order valence-electron chi connectivity index (χ4n) is 5.27. The van der Waals surface area contributed by atoms with E-state index in [0.29, 0.717) is 11.6 Å². The predicted octanol–water partition coefficient (Wildman–Crippen LogP) is 2.92. The van der Waals surface area contributed by atoms with Gasteiger partial charge in [-0.05, 0) is 67.7 Å². The summed E-state index contributed by atoms with van der Waals surface area (Å²) in [5, 5.41) is 0. The molecule has 1 aromatic heterocycles. The van der Waals surface area contributed by atoms with Gasteiger partial charge in [0.25, 0.3) is 11.5 Å². The van der Waals surface area contributed by atoms with Gasteiger partial charge in [-0.3, -0.25) is 14.5 Å². The standard InChI is InChI=1S/C24H29N3O2/c28-23-21(14-18-7-3-4-10-22(18)25-23)24(29)27-12-5-9-20(16-27)26-13-11-17-6-1-2-8-19(17)15-26/h1-2,6,8,14,20H,3-5,7,9-13,15-16H2,(H,25,28). The van der Waals surface area contributed by atoms with Crippen LogP contribution in [0.2, 0.25) is 0 Å². The highest BCUT2D eigenvalue weighted by Gasteiger charge is 2.31. The van der Waals surface area contributed by atoms with Gasteiger partial charge in [0.2, 0.25) is 0 Å². The lowest BCUT2D eigenvalue weighted by Crippen LogP contribution is -2.51. The van der Waals surface area contributed by atoms with E-state index in [9.17, 15) is 9.59 Å². The van der Waals surface area contributed by atoms with E-state index < -0.39 is 0 Å². The van der Waals surface area contributed by atoms with Crippen LogP contribution < -0.4 is 5.56 Å². The molecular weight excluding hydrogens is 362 g/mol. The number of pyridine rings is 1. The molecule has 2 aromatic rings. The number of nitrogens with zero attached hydrogens (tertiary/aromatic N) is 2. The van der Waals surface area contributed by atoms with Crippen molar-refractivity contribution in [3.8, 4) is 0 Å². The third-order valence-corrected chi connectivity index (χ3v) is 6.93. The molecule has 5 rings (SSSR count). The van der Waals surface area contributed by atoms with Crippen LogP contribution in [0, 0.1) is 0 Å². The first-order valence-electron chi connectivity index (χ1n) is 11.0. The number of piperidine rings is 1. The summed E-state index contributed by atoms with van der Waals surface area (Å²) in [7, 11) is 0. The Labute approximate surface area is 171 Å². The van der Waals surface area contributed by atoms with Crippen LogP contribution in [-0.4, -0.2) is 46.4 Å². The minimum atomic E-state index is -0.218. The van der Waals surface area contributed by atoms with Gasteiger partial charge in [-0.2, -0.15) is 0 Å². The summed E-state index contributed by atoms with van der Waals surface area (Å²) in [5.41, 5.74) is 5.16. The third-order valence-electron chi connectivity index (χ3n) is 6.93. The Morgan fingerprint density at radius 2 is 1.79 bits per heavy atom. The van der Waals surface area contributed by atoms with Crippen LogP contribution >= 0.6 is 0 Å². The maximum atomic E-state index is 13.2. The summed E-state index contributed by atoms with van der Waals surface area (Å²) in [4.78, 5) is 33.2. The van der Waals surface area contributed by atoms with Crippen LogP contribution in [-0.2, 0) is 25.8 Å². The predicted molar refractivity (Wildman–Crippen MR) is 113 cm³/mol. The molecular formula is C24H29N3O2. The van der Waals surface area contributed by atoms with Gasteiger partial charge in [0.15, 0.2) is 0 Å². The van der Waals surface area contributed by atoms with Gasteiger partial charge in [-0.25, -0.2) is 0 Å². The average Bonchev–Trinajstić information content (AvgIpc) is 2.78. The van der Waals surface area contributed by atoms with E-state index in [1.54, 1.807) is 0 Å². The highest BCUT2D eigenvalue weighted by Crippen LogP contribution is 2.25. The molecule has 5 nitrogen and oxygen atoms in total. The SMILES string of the molecule is O=C(c1cc2c([nH]c1=O)CCCC2)N1CCCC(N2CCc3ccccc3C2)C1. The average molecular weight is 392 g/mol. The molecule has 0 radical (unpaired) electrons. The summed E-state index contributed by atoms with van der Waals surface area (Å²) in [6.07, 6.45) is 7.32. The number of hydrogen-bond donors (Lipinski definition) is 1. The maximum absolute atomic E-state index is 13.2. The topological polar surface area (TPSA) is 56.4 Å². The van der Waals surface area contributed by atoms with Crippen molar-refractivity contribution in [3.05, 3.63) is 68.6 Å². The Balaban J connectivity index is 1.32. The van der Waals surface area contributed by atoms with Crippen LogP contribution in [0.25, 0.3) is 0 Å². The molecule has 5 heteroatoms. The molecule has 29 heavy (non-hydrogen) atoms. The molecule has 0 bridgehead atoms. The number of H-pyrrole nitrogens is 1. The molecule has 1 atom stereocenters. The lowest BCUT2D eigenvalue weighted by molar-refractivity contribution is 0.0547. The molecule has 1 aliphatic carbocycles. The van der Waals surface area contributed by atoms with E-state index in [2.05, 4.69) is 34.1 Å². The first-order valence-corrected chi connectivity index (χ1v) is 11.0. The molecule has 1 saturated heterocycles. The number of amides is 1. The quantitative estimate of drug-likeness (QED) is 0.856. The van der Waals surface area contributed by atoms with Crippen molar-refractivity contribution in [2.45, 2.75) is 57.5 Å². The van der Waals surface area contributed by atoms with Crippen LogP contribution in [0.5, 0.6) is 0 Å². The fraction of sp³-hybridized carbons (Fsp3) is 0.500. The zero-order chi connectivity index (χ0) is 19.8. The highest BCUT2D eigenvalue weighted by molar-refractivity contribution is 5.94. The number of rotatable bonds is 2. The molecule has 3 aliphatic rings. The van der Waals surface area contributed by atoms with Crippen LogP contribution in [0.3, 0.4) is 0 Å². The Hall–Kier alpha value is -2.40. The van der Waals surface area contributed by atoms with E-state index in [1.165, 1.54) is 11.1 Å². The fourth-order valence-corrected chi connectivity index (χ4v) is 5.27. The Bertz CT molecular complexity index is 980. The van der Waals surface area contributed by atoms with Gasteiger partial charge in [-0.1, -0.05) is 24.3 Å². The molecule has 1 N–H and O–H groups in total. The Morgan fingerprint density at radius 1 is 0.966 bits per heavy atom. The zero-order valence-corrected chi connectivity index (χ0v) is 17.0. The van der Waals surface area contributed by atoms with Crippen molar-refractivity contribution in [1.29, 1.82) is 0 Å². The summed E-state index contributed by atoms with van der Waals surface area (Å²) < 4.78 is 0. The lowest BCUT2D eigenvalue weighted by Gasteiger charge is -2.41. The molecule has 3 heterocycles. The smallest absolute Gasteiger partial charge is 0.261 e. The molecule has 0 saturated carbocycles. The normalized spacial score (nSPS) is 22.1. The Kier molecular flexibility index (Phi) is 5.00. The van der Waals surface area contributed by atoms with E-state index in [0.717, 1.165) is 82.4 Å². The van der Waals surface area contributed by atoms with Crippen LogP contribution in [0.15, 0.2) is 35.1 Å². The molecule has 1 fully saturated rings. The van der Waals surface area contributed by atoms with E-state index in [-0.39, 0.29) is 11.5 Å². The first-order chi connectivity index (χ1) is 14.2. The van der Waals surface area contributed by atoms with Crippen molar-refractivity contribution in [2.75, 3.05) is 19.6 Å². The van der Waals surface area contributed by atoms with Crippen molar-refractivity contribution in [3.63, 3.8) is 0 Å². The zero-order valence-electron chi connectivity index (χ0n) is 17.0. The highest BCUT2D eigenvalue weighted by atomic mass is 16.2. The molecule has 1 unspecified atom stereocenters. The lowest BCUT2D eigenvalue weighted by atomic mass is 9.94. The molecule has 0 spiro atoms. The number of nitrogens with one attached hydrogen (secondary N) is 1. The first kappa shape index (κ1) is 18.6. The van der Waals surface area contributed by atoms with Gasteiger partial charge < -0.3 is 9.88 Å². The van der Waals surface area contributed by atoms with Gasteiger partial charge in [0.1, 0.15) is 5.56 Å². The summed E-state index contributed by atoms with van der Waals surface area (Å²) in [6.45, 7) is 3.47. The second kappa shape index (κ2) is 7.79. The van der Waals surface area contributed by atoms with Crippen molar-refractivity contribution < 1.29 is 4.79 Å². The number of benzene rings is 1. The number of carbonyl (C=O) groups is 1. The molecule has 1 aromatic carbocycles. The maximum Gasteiger partial charge on any atom is 0.261 e. The van der Waals surface area contributed by atoms with Crippen molar-refractivity contribution >= 4 is 5.91 Å². The minimum absolute atomic E-state index is 0.0956. The monoisotopic (exact) mass is 391 g/mol. The third kappa shape index (κ3) is 3.64. The largest absolute Gasteiger partial charge is 0.337 e. The van der Waals surface area contributed by atoms with Gasteiger partial charge in [-0.15, -0.1) is 0 Å². The number of fused-ring (bicyclic) bond motifs is 2. The van der Waals surface area contributed by atoms with E-state index in [4.69, 9.17) is 0 Å². The number of aryl methyl sites for hydroxylation is 2.